The van der Waals surface area contributed by atoms with Crippen molar-refractivity contribution in [2.45, 2.75) is 13.8 Å². The summed E-state index contributed by atoms with van der Waals surface area (Å²) >= 11 is 0. The predicted molar refractivity (Wildman–Crippen MR) is 102 cm³/mol. The van der Waals surface area contributed by atoms with Crippen LogP contribution in [0.5, 0.6) is 11.5 Å². The number of para-hydroxylation sites is 2. The Kier molecular flexibility index (Phi) is 4.63. The van der Waals surface area contributed by atoms with Crippen molar-refractivity contribution in [1.82, 2.24) is 10.2 Å². The van der Waals surface area contributed by atoms with Gasteiger partial charge in [0.25, 0.3) is 11.8 Å². The average molecular weight is 375 g/mol. The highest BCUT2D eigenvalue weighted by Gasteiger charge is 2.18. The molecule has 7 heteroatoms. The number of nitrogens with zero attached hydrogens (tertiary/aromatic N) is 2. The summed E-state index contributed by atoms with van der Waals surface area (Å²) < 4.78 is 16.8. The number of aromatic nitrogens is 2. The number of hydrogen-bond donors (Lipinski definition) is 1. The van der Waals surface area contributed by atoms with Gasteiger partial charge >= 0.3 is 6.01 Å². The Morgan fingerprint density at radius 2 is 1.71 bits per heavy atom. The van der Waals surface area contributed by atoms with Gasteiger partial charge in [0.05, 0.1) is 11.1 Å². The molecule has 140 valence electrons. The van der Waals surface area contributed by atoms with Gasteiger partial charge in [0.1, 0.15) is 23.0 Å². The number of benzene rings is 2. The molecule has 4 rings (SSSR count). The Hall–Kier alpha value is -3.87. The first-order chi connectivity index (χ1) is 13.6. The third kappa shape index (κ3) is 3.64. The third-order valence-electron chi connectivity index (χ3n) is 4.02. The molecule has 7 nitrogen and oxygen atoms in total. The number of rotatable bonds is 5. The first-order valence-corrected chi connectivity index (χ1v) is 8.64. The van der Waals surface area contributed by atoms with Gasteiger partial charge in [-0.25, -0.2) is 0 Å². The molecule has 2 aromatic heterocycles. The zero-order valence-electron chi connectivity index (χ0n) is 15.3. The summed E-state index contributed by atoms with van der Waals surface area (Å²) in [5.41, 5.74) is 1.04. The van der Waals surface area contributed by atoms with Gasteiger partial charge in [-0.2, -0.15) is 0 Å². The molecule has 4 aromatic rings. The minimum absolute atomic E-state index is 0.00670. The average Bonchev–Trinajstić information content (AvgIpc) is 3.28. The summed E-state index contributed by atoms with van der Waals surface area (Å²) in [6.07, 6.45) is 0. The zero-order chi connectivity index (χ0) is 19.5. The van der Waals surface area contributed by atoms with Gasteiger partial charge in [0.2, 0.25) is 0 Å². The second kappa shape index (κ2) is 7.40. The van der Waals surface area contributed by atoms with Crippen LogP contribution in [0.25, 0.3) is 11.5 Å². The highest BCUT2D eigenvalue weighted by atomic mass is 16.5. The molecule has 0 unspecified atom stereocenters. The van der Waals surface area contributed by atoms with Gasteiger partial charge in [-0.05, 0) is 44.2 Å². The first-order valence-electron chi connectivity index (χ1n) is 8.64. The van der Waals surface area contributed by atoms with E-state index in [1.165, 1.54) is 0 Å². The molecule has 0 radical (unpaired) electrons. The van der Waals surface area contributed by atoms with E-state index in [1.807, 2.05) is 44.2 Å². The van der Waals surface area contributed by atoms with Crippen LogP contribution in [0.3, 0.4) is 0 Å². The maximum Gasteiger partial charge on any atom is 0.322 e. The second-order valence-electron chi connectivity index (χ2n) is 6.10. The minimum atomic E-state index is -0.415. The van der Waals surface area contributed by atoms with Crippen LogP contribution >= 0.6 is 0 Å². The number of aryl methyl sites for hydroxylation is 2. The lowest BCUT2D eigenvalue weighted by Gasteiger charge is -2.10. The Balaban J connectivity index is 1.54. The predicted octanol–water partition coefficient (Wildman–Crippen LogP) is 4.99. The van der Waals surface area contributed by atoms with Crippen molar-refractivity contribution in [2.24, 2.45) is 0 Å². The molecule has 0 atom stereocenters. The number of carbonyl (C=O) groups excluding carboxylic acids is 1. The number of hydrogen-bond acceptors (Lipinski definition) is 6. The van der Waals surface area contributed by atoms with Crippen LogP contribution in [0.1, 0.15) is 21.9 Å². The highest BCUT2D eigenvalue weighted by Crippen LogP contribution is 2.28. The first kappa shape index (κ1) is 17.5. The molecule has 0 saturated carbocycles. The SMILES string of the molecule is Cc1cc(-c2nnc(NC(=O)c3ccccc3Oc3ccccc3)o2)c(C)o1. The highest BCUT2D eigenvalue weighted by molar-refractivity contribution is 6.05. The summed E-state index contributed by atoms with van der Waals surface area (Å²) in [5, 5.41) is 10.5. The third-order valence-corrected chi connectivity index (χ3v) is 4.02. The molecule has 0 aliphatic heterocycles. The second-order valence-corrected chi connectivity index (χ2v) is 6.10. The molecule has 28 heavy (non-hydrogen) atoms. The van der Waals surface area contributed by atoms with Crippen LogP contribution in [-0.2, 0) is 0 Å². The smallest absolute Gasteiger partial charge is 0.322 e. The van der Waals surface area contributed by atoms with E-state index in [4.69, 9.17) is 13.6 Å². The Bertz CT molecular complexity index is 1120. The van der Waals surface area contributed by atoms with E-state index in [1.54, 1.807) is 30.3 Å². The summed E-state index contributed by atoms with van der Waals surface area (Å²) in [6.45, 7) is 3.64. The fraction of sp³-hybridized carbons (Fsp3) is 0.0952. The Labute approximate surface area is 161 Å². The molecule has 0 fully saturated rings. The number of furan rings is 1. The number of carbonyl (C=O) groups is 1. The van der Waals surface area contributed by atoms with E-state index in [0.29, 0.717) is 28.4 Å². The van der Waals surface area contributed by atoms with E-state index in [-0.39, 0.29) is 11.9 Å². The van der Waals surface area contributed by atoms with Crippen LogP contribution in [0.15, 0.2) is 69.5 Å². The van der Waals surface area contributed by atoms with Gasteiger partial charge < -0.3 is 13.6 Å². The van der Waals surface area contributed by atoms with E-state index in [9.17, 15) is 4.79 Å². The lowest BCUT2D eigenvalue weighted by molar-refractivity contribution is 0.102. The normalized spacial score (nSPS) is 10.6. The van der Waals surface area contributed by atoms with E-state index >= 15 is 0 Å². The summed E-state index contributed by atoms with van der Waals surface area (Å²) in [5.74, 6) is 2.32. The van der Waals surface area contributed by atoms with E-state index in [0.717, 1.165) is 5.76 Å². The van der Waals surface area contributed by atoms with Gasteiger partial charge in [0.15, 0.2) is 0 Å². The van der Waals surface area contributed by atoms with Crippen LogP contribution in [0, 0.1) is 13.8 Å². The van der Waals surface area contributed by atoms with Crippen molar-refractivity contribution in [2.75, 3.05) is 5.32 Å². The molecular weight excluding hydrogens is 358 g/mol. The van der Waals surface area contributed by atoms with E-state index < -0.39 is 5.91 Å². The molecule has 1 N–H and O–H groups in total. The Morgan fingerprint density at radius 3 is 2.46 bits per heavy atom. The van der Waals surface area contributed by atoms with Gasteiger partial charge in [0, 0.05) is 0 Å². The van der Waals surface area contributed by atoms with Gasteiger partial charge in [-0.1, -0.05) is 35.4 Å². The Morgan fingerprint density at radius 1 is 0.964 bits per heavy atom. The van der Waals surface area contributed by atoms with Crippen molar-refractivity contribution in [3.8, 4) is 23.0 Å². The van der Waals surface area contributed by atoms with Crippen molar-refractivity contribution in [1.29, 1.82) is 0 Å². The molecule has 0 bridgehead atoms. The molecule has 2 aromatic carbocycles. The van der Waals surface area contributed by atoms with Crippen molar-refractivity contribution in [3.63, 3.8) is 0 Å². The monoisotopic (exact) mass is 375 g/mol. The van der Waals surface area contributed by atoms with Crippen LogP contribution in [0.4, 0.5) is 6.01 Å². The quantitative estimate of drug-likeness (QED) is 0.528. The summed E-state index contributed by atoms with van der Waals surface area (Å²) in [6, 6.07) is 18.0. The number of ether oxygens (including phenoxy) is 1. The van der Waals surface area contributed by atoms with Crippen molar-refractivity contribution < 1.29 is 18.4 Å². The standard InChI is InChI=1S/C21H17N3O4/c1-13-12-17(14(2)26-13)20-23-24-21(28-20)22-19(25)16-10-6-7-11-18(16)27-15-8-4-3-5-9-15/h3-12H,1-2H3,(H,22,24,25). The minimum Gasteiger partial charge on any atom is -0.466 e. The molecule has 0 spiro atoms. The topological polar surface area (TPSA) is 90.4 Å². The van der Waals surface area contributed by atoms with Crippen molar-refractivity contribution in [3.05, 3.63) is 77.7 Å². The fourth-order valence-electron chi connectivity index (χ4n) is 2.75. The van der Waals surface area contributed by atoms with Gasteiger partial charge in [-0.3, -0.25) is 10.1 Å². The molecule has 0 aliphatic carbocycles. The number of anilines is 1. The largest absolute Gasteiger partial charge is 0.466 e. The summed E-state index contributed by atoms with van der Waals surface area (Å²) in [4.78, 5) is 12.7. The van der Waals surface area contributed by atoms with Gasteiger partial charge in [-0.15, -0.1) is 5.10 Å². The van der Waals surface area contributed by atoms with Crippen LogP contribution in [-0.4, -0.2) is 16.1 Å². The molecule has 2 heterocycles. The number of amides is 1. The molecule has 0 saturated heterocycles. The maximum atomic E-state index is 12.7. The fourth-order valence-corrected chi connectivity index (χ4v) is 2.75. The van der Waals surface area contributed by atoms with Crippen molar-refractivity contribution >= 4 is 11.9 Å². The number of nitrogens with one attached hydrogen (secondary N) is 1. The maximum absolute atomic E-state index is 12.7. The lowest BCUT2D eigenvalue weighted by Crippen LogP contribution is -2.13. The van der Waals surface area contributed by atoms with E-state index in [2.05, 4.69) is 15.5 Å². The van der Waals surface area contributed by atoms with Crippen LogP contribution < -0.4 is 10.1 Å². The molecule has 0 aliphatic rings. The van der Waals surface area contributed by atoms with Crippen LogP contribution in [0.2, 0.25) is 0 Å². The lowest BCUT2D eigenvalue weighted by atomic mass is 10.2. The molecule has 1 amide bonds. The molecular formula is C21H17N3O4. The summed E-state index contributed by atoms with van der Waals surface area (Å²) in [7, 11) is 0. The zero-order valence-corrected chi connectivity index (χ0v) is 15.3.